The van der Waals surface area contributed by atoms with Crippen LogP contribution in [0.2, 0.25) is 0 Å². The third-order valence-corrected chi connectivity index (χ3v) is 3.90. The molecule has 1 aliphatic carbocycles. The number of nitrogens with zero attached hydrogens (tertiary/aromatic N) is 3. The van der Waals surface area contributed by atoms with E-state index in [4.69, 9.17) is 10.7 Å². The summed E-state index contributed by atoms with van der Waals surface area (Å²) in [6.07, 6.45) is 6.46. The quantitative estimate of drug-likeness (QED) is 0.799. The zero-order valence-corrected chi connectivity index (χ0v) is 11.5. The van der Waals surface area contributed by atoms with Crippen LogP contribution in [-0.4, -0.2) is 36.1 Å². The number of hydrogen-bond acceptors (Lipinski definition) is 5. The van der Waals surface area contributed by atoms with Gasteiger partial charge in [-0.2, -0.15) is 0 Å². The number of aliphatic imine (C=N–C) groups is 2. The second kappa shape index (κ2) is 6.07. The molecule has 102 valence electrons. The molecule has 1 atom stereocenters. The van der Waals surface area contributed by atoms with Gasteiger partial charge in [0.1, 0.15) is 6.17 Å². The monoisotopic (exact) mass is 251 g/mol. The standard InChI is InChI=1S/C13H25N5/c1-3-18(4-2)13-16-11(15-12(14)17-13)10-8-6-5-7-9-10/h10-11H,3-9H2,1-2H3,(H3,14,15,16,17). The molecule has 1 unspecified atom stereocenters. The average Bonchev–Trinajstić information content (AvgIpc) is 2.40. The molecule has 0 aromatic carbocycles. The molecular weight excluding hydrogens is 226 g/mol. The minimum Gasteiger partial charge on any atom is -0.370 e. The van der Waals surface area contributed by atoms with Crippen molar-refractivity contribution in [1.82, 2.24) is 10.2 Å². The largest absolute Gasteiger partial charge is 0.370 e. The molecule has 0 bridgehead atoms. The molecular formula is C13H25N5. The second-order valence-electron chi connectivity index (χ2n) is 5.08. The van der Waals surface area contributed by atoms with Gasteiger partial charge in [0.05, 0.1) is 0 Å². The molecule has 0 aromatic rings. The van der Waals surface area contributed by atoms with Gasteiger partial charge < -0.3 is 10.6 Å². The highest BCUT2D eigenvalue weighted by atomic mass is 15.4. The lowest BCUT2D eigenvalue weighted by Crippen LogP contribution is -2.51. The van der Waals surface area contributed by atoms with Crippen molar-refractivity contribution in [2.24, 2.45) is 21.6 Å². The molecule has 0 amide bonds. The first kappa shape index (κ1) is 13.2. The summed E-state index contributed by atoms with van der Waals surface area (Å²) in [7, 11) is 0. The number of nitrogens with two attached hydrogens (primary N) is 1. The molecule has 0 saturated heterocycles. The molecule has 3 N–H and O–H groups in total. The van der Waals surface area contributed by atoms with E-state index in [9.17, 15) is 0 Å². The van der Waals surface area contributed by atoms with Crippen LogP contribution in [0.4, 0.5) is 0 Å². The Morgan fingerprint density at radius 1 is 1.17 bits per heavy atom. The fourth-order valence-electron chi connectivity index (χ4n) is 2.80. The lowest BCUT2D eigenvalue weighted by Gasteiger charge is -2.32. The minimum absolute atomic E-state index is 0.0298. The SMILES string of the molecule is CCN(CC)C1=NC(C2CCCCC2)N=C(N)N1. The van der Waals surface area contributed by atoms with Gasteiger partial charge in [-0.25, -0.2) is 9.98 Å². The Balaban J connectivity index is 2.10. The van der Waals surface area contributed by atoms with Gasteiger partial charge in [-0.3, -0.25) is 5.32 Å². The van der Waals surface area contributed by atoms with Gasteiger partial charge in [0.2, 0.25) is 5.96 Å². The van der Waals surface area contributed by atoms with Gasteiger partial charge in [0, 0.05) is 19.0 Å². The van der Waals surface area contributed by atoms with Crippen LogP contribution >= 0.6 is 0 Å². The lowest BCUT2D eigenvalue weighted by atomic mass is 9.87. The highest BCUT2D eigenvalue weighted by Gasteiger charge is 2.27. The maximum Gasteiger partial charge on any atom is 0.202 e. The maximum absolute atomic E-state index is 5.90. The first-order valence-corrected chi connectivity index (χ1v) is 7.17. The van der Waals surface area contributed by atoms with Crippen molar-refractivity contribution in [3.63, 3.8) is 0 Å². The Hall–Kier alpha value is -1.26. The molecule has 0 aromatic heterocycles. The van der Waals surface area contributed by atoms with Crippen LogP contribution in [0.5, 0.6) is 0 Å². The predicted octanol–water partition coefficient (Wildman–Crippen LogP) is 1.51. The van der Waals surface area contributed by atoms with E-state index >= 15 is 0 Å². The smallest absolute Gasteiger partial charge is 0.202 e. The van der Waals surface area contributed by atoms with Gasteiger partial charge in [-0.15, -0.1) is 0 Å². The highest BCUT2D eigenvalue weighted by molar-refractivity contribution is 5.99. The summed E-state index contributed by atoms with van der Waals surface area (Å²) in [5, 5.41) is 3.09. The number of nitrogens with one attached hydrogen (secondary N) is 1. The van der Waals surface area contributed by atoms with Crippen molar-refractivity contribution < 1.29 is 0 Å². The molecule has 1 fully saturated rings. The summed E-state index contributed by atoms with van der Waals surface area (Å²) in [5.74, 6) is 1.98. The van der Waals surface area contributed by atoms with Crippen molar-refractivity contribution >= 4 is 11.9 Å². The van der Waals surface area contributed by atoms with Crippen LogP contribution in [0.15, 0.2) is 9.98 Å². The predicted molar refractivity (Wildman–Crippen MR) is 75.5 cm³/mol. The maximum atomic E-state index is 5.90. The summed E-state index contributed by atoms with van der Waals surface area (Å²) in [6, 6.07) is 0. The molecule has 2 aliphatic rings. The van der Waals surface area contributed by atoms with E-state index in [1.807, 2.05) is 0 Å². The third kappa shape index (κ3) is 2.94. The average molecular weight is 251 g/mol. The summed E-state index contributed by atoms with van der Waals surface area (Å²) in [5.41, 5.74) is 5.90. The summed E-state index contributed by atoms with van der Waals surface area (Å²) in [4.78, 5) is 11.4. The summed E-state index contributed by atoms with van der Waals surface area (Å²) < 4.78 is 0. The summed E-state index contributed by atoms with van der Waals surface area (Å²) >= 11 is 0. The molecule has 1 heterocycles. The number of rotatable bonds is 3. The van der Waals surface area contributed by atoms with Crippen molar-refractivity contribution in [3.05, 3.63) is 0 Å². The van der Waals surface area contributed by atoms with Gasteiger partial charge in [0.15, 0.2) is 5.96 Å². The van der Waals surface area contributed by atoms with Crippen molar-refractivity contribution in [3.8, 4) is 0 Å². The van der Waals surface area contributed by atoms with E-state index in [0.717, 1.165) is 19.0 Å². The molecule has 2 rings (SSSR count). The van der Waals surface area contributed by atoms with Gasteiger partial charge >= 0.3 is 0 Å². The Labute approximate surface area is 110 Å². The van der Waals surface area contributed by atoms with E-state index in [1.54, 1.807) is 0 Å². The van der Waals surface area contributed by atoms with Crippen LogP contribution in [0.25, 0.3) is 0 Å². The van der Waals surface area contributed by atoms with Crippen molar-refractivity contribution in [2.75, 3.05) is 13.1 Å². The Morgan fingerprint density at radius 2 is 1.83 bits per heavy atom. The van der Waals surface area contributed by atoms with Crippen molar-refractivity contribution in [1.29, 1.82) is 0 Å². The van der Waals surface area contributed by atoms with Crippen LogP contribution in [-0.2, 0) is 0 Å². The first-order chi connectivity index (χ1) is 8.74. The molecule has 1 aliphatic heterocycles. The second-order valence-corrected chi connectivity index (χ2v) is 5.08. The van der Waals surface area contributed by atoms with Gasteiger partial charge in [0.25, 0.3) is 0 Å². The van der Waals surface area contributed by atoms with E-state index in [1.165, 1.54) is 32.1 Å². The first-order valence-electron chi connectivity index (χ1n) is 7.17. The zero-order chi connectivity index (χ0) is 13.0. The number of hydrogen-bond donors (Lipinski definition) is 2. The van der Waals surface area contributed by atoms with Gasteiger partial charge in [-0.1, -0.05) is 19.3 Å². The van der Waals surface area contributed by atoms with E-state index in [2.05, 4.69) is 29.1 Å². The normalized spacial score (nSPS) is 25.1. The summed E-state index contributed by atoms with van der Waals surface area (Å²) in [6.45, 7) is 6.14. The van der Waals surface area contributed by atoms with Crippen LogP contribution in [0.3, 0.4) is 0 Å². The molecule has 0 radical (unpaired) electrons. The highest BCUT2D eigenvalue weighted by Crippen LogP contribution is 2.29. The Kier molecular flexibility index (Phi) is 4.44. The Morgan fingerprint density at radius 3 is 2.44 bits per heavy atom. The minimum atomic E-state index is 0.0298. The molecule has 5 nitrogen and oxygen atoms in total. The third-order valence-electron chi connectivity index (χ3n) is 3.90. The lowest BCUT2D eigenvalue weighted by molar-refractivity contribution is 0.305. The van der Waals surface area contributed by atoms with E-state index < -0.39 is 0 Å². The fraction of sp³-hybridized carbons (Fsp3) is 0.846. The van der Waals surface area contributed by atoms with Crippen molar-refractivity contribution in [2.45, 2.75) is 52.1 Å². The fourth-order valence-corrected chi connectivity index (χ4v) is 2.80. The molecule has 1 saturated carbocycles. The number of guanidine groups is 2. The van der Waals surface area contributed by atoms with E-state index in [-0.39, 0.29) is 6.17 Å². The molecule has 5 heteroatoms. The van der Waals surface area contributed by atoms with E-state index in [0.29, 0.717) is 11.9 Å². The van der Waals surface area contributed by atoms with Crippen LogP contribution in [0.1, 0.15) is 46.0 Å². The topological polar surface area (TPSA) is 66.0 Å². The molecule has 0 spiro atoms. The van der Waals surface area contributed by atoms with Crippen LogP contribution in [0, 0.1) is 5.92 Å². The Bertz CT molecular complexity index is 326. The molecule has 18 heavy (non-hydrogen) atoms. The van der Waals surface area contributed by atoms with Gasteiger partial charge in [-0.05, 0) is 26.7 Å². The zero-order valence-electron chi connectivity index (χ0n) is 11.5. The van der Waals surface area contributed by atoms with Crippen LogP contribution < -0.4 is 11.1 Å².